The Bertz CT molecular complexity index is 1240. The average molecular weight is 475 g/mol. The van der Waals surface area contributed by atoms with E-state index in [-0.39, 0.29) is 16.3 Å². The van der Waals surface area contributed by atoms with Crippen molar-refractivity contribution in [2.24, 2.45) is 5.92 Å². The lowest BCUT2D eigenvalue weighted by atomic mass is 10.0. The molecular weight excluding hydrogens is 452 g/mol. The minimum Gasteiger partial charge on any atom is -0.507 e. The highest BCUT2D eigenvalue weighted by molar-refractivity contribution is 7.89. The third kappa shape index (κ3) is 4.64. The van der Waals surface area contributed by atoms with E-state index in [1.165, 1.54) is 28.6 Å². The number of halogens is 1. The van der Waals surface area contributed by atoms with Crippen LogP contribution < -0.4 is 5.32 Å². The second-order valence-corrected chi connectivity index (χ2v) is 10.3. The van der Waals surface area contributed by atoms with E-state index in [4.69, 9.17) is 11.6 Å². The van der Waals surface area contributed by atoms with Crippen LogP contribution >= 0.6 is 11.6 Å². The lowest BCUT2D eigenvalue weighted by Crippen LogP contribution is -2.39. The summed E-state index contributed by atoms with van der Waals surface area (Å²) in [7, 11) is -3.56. The predicted octanol–water partition coefficient (Wildman–Crippen LogP) is 4.11. The Hall–Kier alpha value is -2.88. The number of carbonyl (C=O) groups is 1. The Kier molecular flexibility index (Phi) is 6.23. The van der Waals surface area contributed by atoms with Gasteiger partial charge in [0.1, 0.15) is 11.4 Å². The fraction of sp³-hybridized carbons (Fsp3) is 0.273. The number of phenolic OH excluding ortho intramolecular Hbond substituents is 1. The molecule has 168 valence electrons. The number of phenols is 1. The number of H-pyrrole nitrogens is 1. The Morgan fingerprint density at radius 1 is 1.22 bits per heavy atom. The molecule has 0 radical (unpaired) electrons. The van der Waals surface area contributed by atoms with Gasteiger partial charge in [0, 0.05) is 29.4 Å². The van der Waals surface area contributed by atoms with Crippen LogP contribution in [0, 0.1) is 5.92 Å². The summed E-state index contributed by atoms with van der Waals surface area (Å²) in [5.74, 6) is -0.122. The van der Waals surface area contributed by atoms with Crippen LogP contribution in [0.2, 0.25) is 5.02 Å². The average Bonchev–Trinajstić information content (AvgIpc) is 3.26. The van der Waals surface area contributed by atoms with E-state index in [0.29, 0.717) is 41.0 Å². The molecule has 0 saturated carbocycles. The molecule has 0 unspecified atom stereocenters. The number of amides is 1. The lowest BCUT2D eigenvalue weighted by Gasteiger charge is -2.30. The number of rotatable bonds is 5. The minimum atomic E-state index is -3.56. The van der Waals surface area contributed by atoms with E-state index in [9.17, 15) is 18.3 Å². The highest BCUT2D eigenvalue weighted by Crippen LogP contribution is 2.31. The zero-order valence-corrected chi connectivity index (χ0v) is 18.9. The van der Waals surface area contributed by atoms with Gasteiger partial charge >= 0.3 is 0 Å². The number of anilines is 1. The quantitative estimate of drug-likeness (QED) is 0.514. The first kappa shape index (κ1) is 22.3. The Labute approximate surface area is 191 Å². The Balaban J connectivity index is 1.47. The molecule has 3 N–H and O–H groups in total. The van der Waals surface area contributed by atoms with E-state index < -0.39 is 15.9 Å². The van der Waals surface area contributed by atoms with Gasteiger partial charge in [-0.2, -0.15) is 9.40 Å². The summed E-state index contributed by atoms with van der Waals surface area (Å²) in [5, 5.41) is 19.8. The highest BCUT2D eigenvalue weighted by Gasteiger charge is 2.28. The highest BCUT2D eigenvalue weighted by atomic mass is 35.5. The van der Waals surface area contributed by atoms with Crippen molar-refractivity contribution >= 4 is 33.2 Å². The molecule has 1 atom stereocenters. The third-order valence-corrected chi connectivity index (χ3v) is 7.54. The SMILES string of the molecule is C[C@@H]1CCCN(S(=O)(=O)c2ccc(NC(=O)c3cc(-c4cc(Cl)ccc4O)n[nH]3)cc2)C1. The summed E-state index contributed by atoms with van der Waals surface area (Å²) < 4.78 is 27.3. The monoisotopic (exact) mass is 474 g/mol. The number of aromatic hydroxyl groups is 1. The van der Waals surface area contributed by atoms with Gasteiger partial charge in [0.15, 0.2) is 0 Å². The van der Waals surface area contributed by atoms with Gasteiger partial charge in [0.2, 0.25) is 10.0 Å². The molecule has 8 nitrogen and oxygen atoms in total. The number of aromatic amines is 1. The molecule has 0 spiro atoms. The second-order valence-electron chi connectivity index (χ2n) is 7.92. The Morgan fingerprint density at radius 2 is 1.97 bits per heavy atom. The maximum Gasteiger partial charge on any atom is 0.273 e. The number of hydrogen-bond acceptors (Lipinski definition) is 5. The van der Waals surface area contributed by atoms with Gasteiger partial charge in [-0.1, -0.05) is 18.5 Å². The topological polar surface area (TPSA) is 115 Å². The van der Waals surface area contributed by atoms with Crippen molar-refractivity contribution in [2.75, 3.05) is 18.4 Å². The van der Waals surface area contributed by atoms with Crippen molar-refractivity contribution in [1.29, 1.82) is 0 Å². The van der Waals surface area contributed by atoms with Crippen molar-refractivity contribution in [2.45, 2.75) is 24.7 Å². The van der Waals surface area contributed by atoms with E-state index in [1.807, 2.05) is 0 Å². The standard InChI is InChI=1S/C22H23ClN4O4S/c1-14-3-2-10-27(13-14)32(30,31)17-7-5-16(6-8-17)24-22(29)20-12-19(25-26-20)18-11-15(23)4-9-21(18)28/h4-9,11-12,14,28H,2-3,10,13H2,1H3,(H,24,29)(H,25,26)/t14-/m1/s1. The van der Waals surface area contributed by atoms with E-state index in [2.05, 4.69) is 22.4 Å². The summed E-state index contributed by atoms with van der Waals surface area (Å²) in [5.41, 5.74) is 1.39. The van der Waals surface area contributed by atoms with Crippen LogP contribution in [-0.2, 0) is 10.0 Å². The number of benzene rings is 2. The first-order valence-electron chi connectivity index (χ1n) is 10.2. The first-order valence-corrected chi connectivity index (χ1v) is 12.0. The molecule has 1 saturated heterocycles. The molecule has 32 heavy (non-hydrogen) atoms. The maximum atomic E-state index is 12.9. The predicted molar refractivity (Wildman–Crippen MR) is 122 cm³/mol. The second kappa shape index (κ2) is 8.93. The molecule has 3 aromatic rings. The van der Waals surface area contributed by atoms with E-state index >= 15 is 0 Å². The van der Waals surface area contributed by atoms with Crippen LogP contribution in [0.15, 0.2) is 53.4 Å². The molecule has 1 fully saturated rings. The molecule has 10 heteroatoms. The van der Waals surface area contributed by atoms with Gasteiger partial charge in [-0.25, -0.2) is 8.42 Å². The van der Waals surface area contributed by atoms with Crippen LogP contribution in [0.1, 0.15) is 30.3 Å². The van der Waals surface area contributed by atoms with Crippen LogP contribution in [0.3, 0.4) is 0 Å². The molecule has 1 aromatic heterocycles. The summed E-state index contributed by atoms with van der Waals surface area (Å²) in [6.45, 7) is 3.09. The zero-order chi connectivity index (χ0) is 22.9. The summed E-state index contributed by atoms with van der Waals surface area (Å²) >= 11 is 5.97. The summed E-state index contributed by atoms with van der Waals surface area (Å²) in [6.07, 6.45) is 1.89. The van der Waals surface area contributed by atoms with E-state index in [1.54, 1.807) is 24.3 Å². The Morgan fingerprint density at radius 3 is 2.69 bits per heavy atom. The number of nitrogens with one attached hydrogen (secondary N) is 2. The molecule has 0 aliphatic carbocycles. The number of hydrogen-bond donors (Lipinski definition) is 3. The molecular formula is C22H23ClN4O4S. The number of carbonyl (C=O) groups excluding carboxylic acids is 1. The van der Waals surface area contributed by atoms with Crippen LogP contribution in [0.4, 0.5) is 5.69 Å². The van der Waals surface area contributed by atoms with Crippen molar-refractivity contribution in [3.8, 4) is 17.0 Å². The summed E-state index contributed by atoms with van der Waals surface area (Å²) in [4.78, 5) is 12.8. The van der Waals surface area contributed by atoms with Crippen molar-refractivity contribution < 1.29 is 18.3 Å². The maximum absolute atomic E-state index is 12.9. The van der Waals surface area contributed by atoms with Crippen LogP contribution in [-0.4, -0.2) is 47.0 Å². The van der Waals surface area contributed by atoms with Crippen molar-refractivity contribution in [3.63, 3.8) is 0 Å². The van der Waals surface area contributed by atoms with Gasteiger partial charge in [-0.15, -0.1) is 0 Å². The summed E-state index contributed by atoms with van der Waals surface area (Å²) in [6, 6.07) is 12.1. The largest absolute Gasteiger partial charge is 0.507 e. The molecule has 1 aliphatic heterocycles. The fourth-order valence-electron chi connectivity index (χ4n) is 3.71. The van der Waals surface area contributed by atoms with Crippen molar-refractivity contribution in [3.05, 3.63) is 59.2 Å². The van der Waals surface area contributed by atoms with Crippen LogP contribution in [0.25, 0.3) is 11.3 Å². The molecule has 1 amide bonds. The van der Waals surface area contributed by atoms with Crippen LogP contribution in [0.5, 0.6) is 5.75 Å². The zero-order valence-electron chi connectivity index (χ0n) is 17.4. The third-order valence-electron chi connectivity index (χ3n) is 5.43. The minimum absolute atomic E-state index is 0.00671. The fourth-order valence-corrected chi connectivity index (χ4v) is 5.48. The van der Waals surface area contributed by atoms with E-state index in [0.717, 1.165) is 12.8 Å². The molecule has 2 aromatic carbocycles. The molecule has 4 rings (SSSR count). The van der Waals surface area contributed by atoms with Gasteiger partial charge in [-0.3, -0.25) is 9.89 Å². The molecule has 1 aliphatic rings. The first-order chi connectivity index (χ1) is 15.2. The number of sulfonamides is 1. The molecule has 2 heterocycles. The molecule has 0 bridgehead atoms. The number of aromatic nitrogens is 2. The number of piperidine rings is 1. The number of nitrogens with zero attached hydrogens (tertiary/aromatic N) is 2. The van der Waals surface area contributed by atoms with Gasteiger partial charge in [0.25, 0.3) is 5.91 Å². The van der Waals surface area contributed by atoms with Gasteiger partial charge in [0.05, 0.1) is 10.6 Å². The van der Waals surface area contributed by atoms with Gasteiger partial charge in [-0.05, 0) is 67.3 Å². The van der Waals surface area contributed by atoms with Crippen molar-refractivity contribution in [1.82, 2.24) is 14.5 Å². The normalized spacial score (nSPS) is 17.2. The van der Waals surface area contributed by atoms with Gasteiger partial charge < -0.3 is 10.4 Å². The smallest absolute Gasteiger partial charge is 0.273 e. The lowest BCUT2D eigenvalue weighted by molar-refractivity contribution is 0.102.